The Kier molecular flexibility index (Phi) is 6.27. The largest absolute Gasteiger partial charge is 0.383 e. The Balaban J connectivity index is 1.81. The molecule has 0 bridgehead atoms. The molecule has 0 radical (unpaired) electrons. The Hall–Kier alpha value is -3.53. The number of benzene rings is 1. The molecule has 3 heterocycles. The zero-order valence-electron chi connectivity index (χ0n) is 20.0. The van der Waals surface area contributed by atoms with Crippen LogP contribution in [-0.2, 0) is 10.0 Å². The minimum atomic E-state index is -4.28. The van der Waals surface area contributed by atoms with Crippen LogP contribution in [0.5, 0.6) is 0 Å². The lowest BCUT2D eigenvalue weighted by Crippen LogP contribution is -2.41. The second-order valence-electron chi connectivity index (χ2n) is 9.58. The SMILES string of the molecule is Cc1ccc(F)cc1-c1ccc(C(=O)NS(=O)(=O)c2cccnc2N)c(N2C[C@@H](C)CC2(C)C)n1. The van der Waals surface area contributed by atoms with Crippen molar-refractivity contribution >= 4 is 27.6 Å². The van der Waals surface area contributed by atoms with Gasteiger partial charge in [-0.25, -0.2) is 27.5 Å². The minimum Gasteiger partial charge on any atom is -0.383 e. The van der Waals surface area contributed by atoms with Gasteiger partial charge in [0.25, 0.3) is 15.9 Å². The van der Waals surface area contributed by atoms with E-state index in [1.54, 1.807) is 12.1 Å². The molecule has 1 saturated heterocycles. The lowest BCUT2D eigenvalue weighted by atomic mass is 9.97. The van der Waals surface area contributed by atoms with Crippen molar-refractivity contribution in [3.05, 3.63) is 65.6 Å². The van der Waals surface area contributed by atoms with E-state index in [2.05, 4.69) is 16.6 Å². The van der Waals surface area contributed by atoms with Crippen molar-refractivity contribution in [1.29, 1.82) is 0 Å². The van der Waals surface area contributed by atoms with Gasteiger partial charge in [0.1, 0.15) is 22.3 Å². The van der Waals surface area contributed by atoms with E-state index < -0.39 is 21.7 Å². The lowest BCUT2D eigenvalue weighted by Gasteiger charge is -2.34. The summed E-state index contributed by atoms with van der Waals surface area (Å²) in [5, 5.41) is 0. The Bertz CT molecular complexity index is 1410. The minimum absolute atomic E-state index is 0.0935. The van der Waals surface area contributed by atoms with Gasteiger partial charge in [0.15, 0.2) is 0 Å². The summed E-state index contributed by atoms with van der Waals surface area (Å²) in [5.41, 5.74) is 7.39. The van der Waals surface area contributed by atoms with Crippen molar-refractivity contribution in [2.75, 3.05) is 17.2 Å². The molecule has 1 amide bonds. The second kappa shape index (κ2) is 8.92. The van der Waals surface area contributed by atoms with E-state index >= 15 is 0 Å². The van der Waals surface area contributed by atoms with Gasteiger partial charge in [-0.2, -0.15) is 0 Å². The van der Waals surface area contributed by atoms with Crippen LogP contribution in [0.4, 0.5) is 16.0 Å². The number of aromatic nitrogens is 2. The average Bonchev–Trinajstić information content (AvgIpc) is 3.06. The molecule has 0 unspecified atom stereocenters. The first kappa shape index (κ1) is 24.6. The zero-order valence-corrected chi connectivity index (χ0v) is 20.9. The highest BCUT2D eigenvalue weighted by atomic mass is 32.2. The topological polar surface area (TPSA) is 118 Å². The summed E-state index contributed by atoms with van der Waals surface area (Å²) in [6.07, 6.45) is 2.23. The number of nitrogens with zero attached hydrogens (tertiary/aromatic N) is 3. The zero-order chi connectivity index (χ0) is 25.5. The van der Waals surface area contributed by atoms with Crippen molar-refractivity contribution in [2.24, 2.45) is 5.92 Å². The molecule has 1 aromatic carbocycles. The standard InChI is InChI=1S/C25H28FN5O3S/c1-15-13-25(3,4)31(14-15)23-18(9-10-20(29-23)19-12-17(26)8-7-16(19)2)24(32)30-35(33,34)21-6-5-11-28-22(21)27/h5-12,15H,13-14H2,1-4H3,(H2,27,28)(H,30,32)/t15-/m0/s1. The molecule has 1 atom stereocenters. The summed E-state index contributed by atoms with van der Waals surface area (Å²) >= 11 is 0. The predicted octanol–water partition coefficient (Wildman–Crippen LogP) is 3.92. The second-order valence-corrected chi connectivity index (χ2v) is 11.2. The Morgan fingerprint density at radius 2 is 1.97 bits per heavy atom. The van der Waals surface area contributed by atoms with E-state index in [1.807, 2.05) is 25.7 Å². The number of sulfonamides is 1. The van der Waals surface area contributed by atoms with Crippen molar-refractivity contribution in [3.8, 4) is 11.3 Å². The Labute approximate surface area is 204 Å². The average molecular weight is 498 g/mol. The van der Waals surface area contributed by atoms with E-state index in [1.165, 1.54) is 36.5 Å². The van der Waals surface area contributed by atoms with Crippen molar-refractivity contribution in [1.82, 2.24) is 14.7 Å². The molecule has 35 heavy (non-hydrogen) atoms. The maximum atomic E-state index is 14.0. The van der Waals surface area contributed by atoms with Gasteiger partial charge in [-0.3, -0.25) is 4.79 Å². The maximum Gasteiger partial charge on any atom is 0.268 e. The highest BCUT2D eigenvalue weighted by molar-refractivity contribution is 7.90. The van der Waals surface area contributed by atoms with Crippen LogP contribution in [0, 0.1) is 18.7 Å². The first-order chi connectivity index (χ1) is 16.4. The number of hydrogen-bond donors (Lipinski definition) is 2. The molecule has 2 aromatic heterocycles. The molecule has 1 aliphatic heterocycles. The van der Waals surface area contributed by atoms with Gasteiger partial charge in [0.2, 0.25) is 0 Å². The number of nitrogens with two attached hydrogens (primary N) is 1. The molecule has 0 aliphatic carbocycles. The van der Waals surface area contributed by atoms with Gasteiger partial charge in [-0.15, -0.1) is 0 Å². The number of pyridine rings is 2. The number of halogens is 1. The third-order valence-corrected chi connectivity index (χ3v) is 7.62. The van der Waals surface area contributed by atoms with Gasteiger partial charge in [-0.1, -0.05) is 13.0 Å². The van der Waals surface area contributed by atoms with Crippen LogP contribution in [0.1, 0.15) is 43.1 Å². The van der Waals surface area contributed by atoms with Crippen molar-refractivity contribution in [2.45, 2.75) is 44.6 Å². The van der Waals surface area contributed by atoms with E-state index in [4.69, 9.17) is 10.7 Å². The van der Waals surface area contributed by atoms with Crippen molar-refractivity contribution < 1.29 is 17.6 Å². The summed E-state index contributed by atoms with van der Waals surface area (Å²) in [7, 11) is -4.28. The summed E-state index contributed by atoms with van der Waals surface area (Å²) < 4.78 is 41.9. The summed E-state index contributed by atoms with van der Waals surface area (Å²) in [4.78, 5) is 23.6. The van der Waals surface area contributed by atoms with Crippen LogP contribution in [0.15, 0.2) is 53.6 Å². The third-order valence-electron chi connectivity index (χ3n) is 6.24. The van der Waals surface area contributed by atoms with Crippen LogP contribution in [0.2, 0.25) is 0 Å². The third kappa shape index (κ3) is 4.84. The fourth-order valence-corrected chi connectivity index (χ4v) is 5.72. The smallest absolute Gasteiger partial charge is 0.268 e. The quantitative estimate of drug-likeness (QED) is 0.548. The van der Waals surface area contributed by atoms with Crippen LogP contribution in [-0.4, -0.2) is 36.4 Å². The molecule has 0 saturated carbocycles. The molecule has 3 N–H and O–H groups in total. The summed E-state index contributed by atoms with van der Waals surface area (Å²) in [5.74, 6) is -0.772. The Morgan fingerprint density at radius 1 is 1.23 bits per heavy atom. The number of hydrogen-bond acceptors (Lipinski definition) is 7. The number of anilines is 2. The van der Waals surface area contributed by atoms with Gasteiger partial charge in [0.05, 0.1) is 11.3 Å². The van der Waals surface area contributed by atoms with Gasteiger partial charge < -0.3 is 10.6 Å². The molecule has 8 nitrogen and oxygen atoms in total. The molecule has 1 aliphatic rings. The van der Waals surface area contributed by atoms with Crippen LogP contribution < -0.4 is 15.4 Å². The van der Waals surface area contributed by atoms with E-state index in [-0.39, 0.29) is 21.8 Å². The molecule has 1 fully saturated rings. The highest BCUT2D eigenvalue weighted by Crippen LogP contribution is 2.38. The summed E-state index contributed by atoms with van der Waals surface area (Å²) in [6.45, 7) is 8.69. The number of aryl methyl sites for hydroxylation is 1. The fourth-order valence-electron chi connectivity index (χ4n) is 4.67. The highest BCUT2D eigenvalue weighted by Gasteiger charge is 2.39. The van der Waals surface area contributed by atoms with Gasteiger partial charge in [-0.05, 0) is 75.1 Å². The van der Waals surface area contributed by atoms with E-state index in [9.17, 15) is 17.6 Å². The molecule has 4 rings (SSSR count). The number of carbonyl (C=O) groups excluding carboxylic acids is 1. The maximum absolute atomic E-state index is 14.0. The van der Waals surface area contributed by atoms with Crippen LogP contribution in [0.3, 0.4) is 0 Å². The number of carbonyl (C=O) groups is 1. The van der Waals surface area contributed by atoms with E-state index in [0.29, 0.717) is 29.5 Å². The van der Waals surface area contributed by atoms with Crippen LogP contribution >= 0.6 is 0 Å². The predicted molar refractivity (Wildman–Crippen MR) is 133 cm³/mol. The number of rotatable bonds is 5. The monoisotopic (exact) mass is 497 g/mol. The van der Waals surface area contributed by atoms with E-state index in [0.717, 1.165) is 12.0 Å². The molecular weight excluding hydrogens is 469 g/mol. The first-order valence-corrected chi connectivity index (χ1v) is 12.7. The fraction of sp³-hybridized carbons (Fsp3) is 0.320. The molecule has 3 aromatic rings. The van der Waals surface area contributed by atoms with Crippen LogP contribution in [0.25, 0.3) is 11.3 Å². The summed E-state index contributed by atoms with van der Waals surface area (Å²) in [6, 6.07) is 10.3. The number of amides is 1. The van der Waals surface area contributed by atoms with Gasteiger partial charge >= 0.3 is 0 Å². The van der Waals surface area contributed by atoms with Gasteiger partial charge in [0, 0.05) is 23.8 Å². The normalized spacial score (nSPS) is 17.4. The number of nitrogens with one attached hydrogen (secondary N) is 1. The number of nitrogen functional groups attached to an aromatic ring is 1. The molecule has 184 valence electrons. The first-order valence-electron chi connectivity index (χ1n) is 11.2. The van der Waals surface area contributed by atoms with Crippen molar-refractivity contribution in [3.63, 3.8) is 0 Å². The molecular formula is C25H28FN5O3S. The Morgan fingerprint density at radius 3 is 2.63 bits per heavy atom. The lowest BCUT2D eigenvalue weighted by molar-refractivity contribution is 0.0981. The molecule has 10 heteroatoms. The molecule has 0 spiro atoms.